The van der Waals surface area contributed by atoms with Crippen LogP contribution in [0.5, 0.6) is 5.75 Å². The SMILES string of the molecule is O=C(Cc1ccc(Cl)cc1)N1CCC(Oc2c(Cl)cccc2Cl)CC1. The number of carbonyl (C=O) groups excluding carboxylic acids is 1. The Bertz CT molecular complexity index is 721. The lowest BCUT2D eigenvalue weighted by Gasteiger charge is -2.32. The van der Waals surface area contributed by atoms with Crippen molar-refractivity contribution in [3.05, 3.63) is 63.1 Å². The quantitative estimate of drug-likeness (QED) is 0.703. The average molecular weight is 399 g/mol. The standard InChI is InChI=1S/C19H18Cl3NO2/c20-14-6-4-13(5-7-14)12-18(24)23-10-8-15(9-11-23)25-19-16(21)2-1-3-17(19)22/h1-7,15H,8-12H2. The molecule has 0 saturated carbocycles. The molecular formula is C19H18Cl3NO2. The van der Waals surface area contributed by atoms with E-state index >= 15 is 0 Å². The molecule has 6 heteroatoms. The van der Waals surface area contributed by atoms with E-state index in [2.05, 4.69) is 0 Å². The lowest BCUT2D eigenvalue weighted by molar-refractivity contribution is -0.132. The molecule has 0 spiro atoms. The highest BCUT2D eigenvalue weighted by Gasteiger charge is 2.25. The monoisotopic (exact) mass is 397 g/mol. The number of para-hydroxylation sites is 1. The van der Waals surface area contributed by atoms with Crippen LogP contribution < -0.4 is 4.74 Å². The maximum absolute atomic E-state index is 12.4. The van der Waals surface area contributed by atoms with Crippen molar-refractivity contribution >= 4 is 40.7 Å². The Balaban J connectivity index is 1.53. The third-order valence-electron chi connectivity index (χ3n) is 4.27. The van der Waals surface area contributed by atoms with Gasteiger partial charge >= 0.3 is 0 Å². The van der Waals surface area contributed by atoms with Gasteiger partial charge in [0.05, 0.1) is 16.5 Å². The first kappa shape index (κ1) is 18.4. The molecule has 0 radical (unpaired) electrons. The fraction of sp³-hybridized carbons (Fsp3) is 0.316. The predicted octanol–water partition coefficient (Wildman–Crippen LogP) is 5.26. The van der Waals surface area contributed by atoms with Crippen LogP contribution in [0.25, 0.3) is 0 Å². The van der Waals surface area contributed by atoms with Crippen molar-refractivity contribution in [3.63, 3.8) is 0 Å². The zero-order valence-corrected chi connectivity index (χ0v) is 15.8. The van der Waals surface area contributed by atoms with Crippen LogP contribution in [0.3, 0.4) is 0 Å². The number of amides is 1. The van der Waals surface area contributed by atoms with E-state index in [9.17, 15) is 4.79 Å². The van der Waals surface area contributed by atoms with Gasteiger partial charge in [-0.15, -0.1) is 0 Å². The maximum atomic E-state index is 12.4. The zero-order chi connectivity index (χ0) is 17.8. The van der Waals surface area contributed by atoms with E-state index in [-0.39, 0.29) is 12.0 Å². The molecule has 0 atom stereocenters. The fourth-order valence-electron chi connectivity index (χ4n) is 2.87. The van der Waals surface area contributed by atoms with Gasteiger partial charge in [0.25, 0.3) is 0 Å². The van der Waals surface area contributed by atoms with Crippen LogP contribution in [0, 0.1) is 0 Å². The van der Waals surface area contributed by atoms with Gasteiger partial charge in [-0.3, -0.25) is 4.79 Å². The van der Waals surface area contributed by atoms with Crippen LogP contribution in [0.1, 0.15) is 18.4 Å². The molecule has 0 bridgehead atoms. The number of rotatable bonds is 4. The Hall–Kier alpha value is -1.42. The molecule has 3 rings (SSSR count). The van der Waals surface area contributed by atoms with Crippen LogP contribution in [0.4, 0.5) is 0 Å². The molecule has 1 aliphatic rings. The first-order valence-electron chi connectivity index (χ1n) is 8.16. The molecule has 0 aliphatic carbocycles. The van der Waals surface area contributed by atoms with Gasteiger partial charge in [0.1, 0.15) is 6.10 Å². The molecule has 0 N–H and O–H groups in total. The highest BCUT2D eigenvalue weighted by Crippen LogP contribution is 2.34. The van der Waals surface area contributed by atoms with E-state index in [0.29, 0.717) is 40.3 Å². The number of ether oxygens (including phenoxy) is 1. The van der Waals surface area contributed by atoms with Crippen LogP contribution >= 0.6 is 34.8 Å². The maximum Gasteiger partial charge on any atom is 0.226 e. The average Bonchev–Trinajstić information content (AvgIpc) is 2.61. The van der Waals surface area contributed by atoms with Crippen molar-refractivity contribution in [2.75, 3.05) is 13.1 Å². The molecule has 0 unspecified atom stereocenters. The normalized spacial score (nSPS) is 15.2. The van der Waals surface area contributed by atoms with Crippen LogP contribution in [-0.4, -0.2) is 30.0 Å². The van der Waals surface area contributed by atoms with Gasteiger partial charge in [0, 0.05) is 31.0 Å². The van der Waals surface area contributed by atoms with E-state index < -0.39 is 0 Å². The Labute approximate surface area is 162 Å². The molecular weight excluding hydrogens is 381 g/mol. The van der Waals surface area contributed by atoms with Crippen molar-refractivity contribution in [1.29, 1.82) is 0 Å². The summed E-state index contributed by atoms with van der Waals surface area (Å²) >= 11 is 18.2. The Kier molecular flexibility index (Phi) is 6.10. The van der Waals surface area contributed by atoms with E-state index in [1.54, 1.807) is 30.3 Å². The van der Waals surface area contributed by atoms with Crippen molar-refractivity contribution in [2.24, 2.45) is 0 Å². The molecule has 1 aliphatic heterocycles. The Morgan fingerprint density at radius 2 is 1.60 bits per heavy atom. The molecule has 1 heterocycles. The molecule has 3 nitrogen and oxygen atoms in total. The number of hydrogen-bond acceptors (Lipinski definition) is 2. The van der Waals surface area contributed by atoms with E-state index in [1.807, 2.05) is 17.0 Å². The van der Waals surface area contributed by atoms with E-state index in [4.69, 9.17) is 39.5 Å². The molecule has 0 aromatic heterocycles. The number of halogens is 3. The minimum absolute atomic E-state index is 0.0111. The second kappa shape index (κ2) is 8.31. The number of hydrogen-bond donors (Lipinski definition) is 0. The molecule has 1 amide bonds. The van der Waals surface area contributed by atoms with Crippen LogP contribution in [0.2, 0.25) is 15.1 Å². The smallest absolute Gasteiger partial charge is 0.226 e. The summed E-state index contributed by atoms with van der Waals surface area (Å²) in [5.41, 5.74) is 0.968. The molecule has 2 aromatic carbocycles. The second-order valence-electron chi connectivity index (χ2n) is 6.05. The summed E-state index contributed by atoms with van der Waals surface area (Å²) in [5, 5.41) is 1.69. The van der Waals surface area contributed by atoms with E-state index in [1.165, 1.54) is 0 Å². The molecule has 25 heavy (non-hydrogen) atoms. The number of carbonyl (C=O) groups is 1. The van der Waals surface area contributed by atoms with Gasteiger partial charge in [-0.25, -0.2) is 0 Å². The zero-order valence-electron chi connectivity index (χ0n) is 13.6. The third-order valence-corrected chi connectivity index (χ3v) is 5.11. The van der Waals surface area contributed by atoms with Crippen LogP contribution in [0.15, 0.2) is 42.5 Å². The summed E-state index contributed by atoms with van der Waals surface area (Å²) in [6, 6.07) is 12.7. The molecule has 2 aromatic rings. The molecule has 132 valence electrons. The molecule has 1 fully saturated rings. The lowest BCUT2D eigenvalue weighted by atomic mass is 10.1. The largest absolute Gasteiger partial charge is 0.487 e. The van der Waals surface area contributed by atoms with Crippen molar-refractivity contribution in [2.45, 2.75) is 25.4 Å². The van der Waals surface area contributed by atoms with Gasteiger partial charge in [-0.1, -0.05) is 53.0 Å². The first-order valence-corrected chi connectivity index (χ1v) is 9.29. The van der Waals surface area contributed by atoms with Crippen molar-refractivity contribution in [1.82, 2.24) is 4.90 Å². The number of piperidine rings is 1. The van der Waals surface area contributed by atoms with Gasteiger partial charge in [0.2, 0.25) is 5.91 Å². The predicted molar refractivity (Wildman–Crippen MR) is 102 cm³/mol. The summed E-state index contributed by atoms with van der Waals surface area (Å²) in [5.74, 6) is 0.647. The Morgan fingerprint density at radius 3 is 2.20 bits per heavy atom. The van der Waals surface area contributed by atoms with Gasteiger partial charge in [-0.05, 0) is 29.8 Å². The Morgan fingerprint density at radius 1 is 1.00 bits per heavy atom. The molecule has 1 saturated heterocycles. The summed E-state index contributed by atoms with van der Waals surface area (Å²) in [6.45, 7) is 1.33. The van der Waals surface area contributed by atoms with Crippen LogP contribution in [-0.2, 0) is 11.2 Å². The topological polar surface area (TPSA) is 29.5 Å². The number of likely N-dealkylation sites (tertiary alicyclic amines) is 1. The van der Waals surface area contributed by atoms with E-state index in [0.717, 1.165) is 18.4 Å². The summed E-state index contributed by atoms with van der Waals surface area (Å²) in [4.78, 5) is 14.3. The van der Waals surface area contributed by atoms with Crippen molar-refractivity contribution in [3.8, 4) is 5.75 Å². The highest BCUT2D eigenvalue weighted by molar-refractivity contribution is 6.37. The minimum Gasteiger partial charge on any atom is -0.487 e. The van der Waals surface area contributed by atoms with Gasteiger partial charge in [-0.2, -0.15) is 0 Å². The lowest BCUT2D eigenvalue weighted by Crippen LogP contribution is -2.42. The number of nitrogens with zero attached hydrogens (tertiary/aromatic N) is 1. The summed E-state index contributed by atoms with van der Waals surface area (Å²) in [6.07, 6.45) is 1.91. The third kappa shape index (κ3) is 4.81. The second-order valence-corrected chi connectivity index (χ2v) is 7.30. The minimum atomic E-state index is 0.0111. The number of benzene rings is 2. The first-order chi connectivity index (χ1) is 12.0. The van der Waals surface area contributed by atoms with Gasteiger partial charge < -0.3 is 9.64 Å². The van der Waals surface area contributed by atoms with Crippen molar-refractivity contribution < 1.29 is 9.53 Å². The van der Waals surface area contributed by atoms with Gasteiger partial charge in [0.15, 0.2) is 5.75 Å². The summed E-state index contributed by atoms with van der Waals surface area (Å²) < 4.78 is 5.96. The highest BCUT2D eigenvalue weighted by atomic mass is 35.5. The fourth-order valence-corrected chi connectivity index (χ4v) is 3.49. The summed E-state index contributed by atoms with van der Waals surface area (Å²) in [7, 11) is 0.